The Labute approximate surface area is 137 Å². The van der Waals surface area contributed by atoms with Crippen LogP contribution in [0.2, 0.25) is 0 Å². The van der Waals surface area contributed by atoms with Crippen LogP contribution in [0.4, 0.5) is 0 Å². The zero-order valence-corrected chi connectivity index (χ0v) is 13.5. The minimum atomic E-state index is 0.634. The lowest BCUT2D eigenvalue weighted by Crippen LogP contribution is -2.00. The van der Waals surface area contributed by atoms with Crippen LogP contribution in [0.1, 0.15) is 5.56 Å². The maximum atomic E-state index is 5.76. The molecule has 0 spiro atoms. The summed E-state index contributed by atoms with van der Waals surface area (Å²) in [5.41, 5.74) is 3.27. The van der Waals surface area contributed by atoms with Crippen molar-refractivity contribution in [1.29, 1.82) is 0 Å². The number of nitrogens with zero attached hydrogens (tertiary/aromatic N) is 3. The van der Waals surface area contributed by atoms with E-state index in [1.54, 1.807) is 11.8 Å². The molecule has 2 aromatic heterocycles. The van der Waals surface area contributed by atoms with Gasteiger partial charge in [0.05, 0.1) is 17.6 Å². The van der Waals surface area contributed by atoms with Crippen LogP contribution in [-0.2, 0) is 0 Å². The van der Waals surface area contributed by atoms with Crippen molar-refractivity contribution in [2.45, 2.75) is 12.1 Å². The molecule has 4 aromatic rings. The van der Waals surface area contributed by atoms with Crippen molar-refractivity contribution in [3.8, 4) is 5.75 Å². The van der Waals surface area contributed by atoms with Crippen molar-refractivity contribution < 1.29 is 4.74 Å². The van der Waals surface area contributed by atoms with E-state index in [2.05, 4.69) is 40.3 Å². The molecule has 0 aliphatic carbocycles. The Bertz CT molecular complexity index is 942. The molecule has 4 rings (SSSR count). The van der Waals surface area contributed by atoms with Gasteiger partial charge in [0.15, 0.2) is 5.16 Å². The van der Waals surface area contributed by atoms with E-state index in [0.29, 0.717) is 6.61 Å². The highest BCUT2D eigenvalue weighted by Crippen LogP contribution is 2.23. The van der Waals surface area contributed by atoms with Crippen LogP contribution in [0.5, 0.6) is 5.75 Å². The summed E-state index contributed by atoms with van der Waals surface area (Å²) in [7, 11) is 0. The maximum Gasteiger partial charge on any atom is 0.231 e. The number of fused-ring (bicyclic) bond motifs is 3. The number of benzene rings is 2. The minimum Gasteiger partial charge on any atom is -0.493 e. The van der Waals surface area contributed by atoms with E-state index in [0.717, 1.165) is 33.5 Å². The van der Waals surface area contributed by atoms with Crippen LogP contribution in [0.15, 0.2) is 53.7 Å². The first-order chi connectivity index (χ1) is 11.3. The fraction of sp³-hybridized carbons (Fsp3) is 0.176. The summed E-state index contributed by atoms with van der Waals surface area (Å²) in [6.45, 7) is 2.70. The molecule has 0 fully saturated rings. The van der Waals surface area contributed by atoms with Crippen molar-refractivity contribution in [3.63, 3.8) is 0 Å². The van der Waals surface area contributed by atoms with Gasteiger partial charge in [-0.05, 0) is 31.2 Å². The summed E-state index contributed by atoms with van der Waals surface area (Å²) in [5.74, 6) is 2.49. The third kappa shape index (κ3) is 2.77. The highest BCUT2D eigenvalue weighted by Gasteiger charge is 2.11. The van der Waals surface area contributed by atoms with Gasteiger partial charge in [-0.1, -0.05) is 41.6 Å². The lowest BCUT2D eigenvalue weighted by molar-refractivity contribution is 0.344. The topological polar surface area (TPSA) is 55.2 Å². The predicted octanol–water partition coefficient (Wildman–Crippen LogP) is 3.69. The SMILES string of the molecule is Cc1ccc(OCCSc2n[nH]c3nc4ccccc4n23)cc1. The molecule has 5 nitrogen and oxygen atoms in total. The molecular formula is C17H16N4OS. The van der Waals surface area contributed by atoms with Crippen LogP contribution in [0, 0.1) is 6.92 Å². The molecule has 0 atom stereocenters. The largest absolute Gasteiger partial charge is 0.493 e. The molecule has 0 saturated heterocycles. The van der Waals surface area contributed by atoms with Crippen LogP contribution >= 0.6 is 11.8 Å². The second-order valence-electron chi connectivity index (χ2n) is 5.28. The molecule has 1 N–H and O–H groups in total. The number of nitrogens with one attached hydrogen (secondary N) is 1. The van der Waals surface area contributed by atoms with Crippen molar-refractivity contribution in [3.05, 3.63) is 54.1 Å². The van der Waals surface area contributed by atoms with Gasteiger partial charge in [0.1, 0.15) is 5.75 Å². The monoisotopic (exact) mass is 324 g/mol. The maximum absolute atomic E-state index is 5.76. The quantitative estimate of drug-likeness (QED) is 0.449. The normalized spacial score (nSPS) is 11.3. The van der Waals surface area contributed by atoms with Crippen molar-refractivity contribution >= 4 is 28.6 Å². The fourth-order valence-electron chi connectivity index (χ4n) is 2.47. The van der Waals surface area contributed by atoms with Gasteiger partial charge in [0, 0.05) is 5.75 Å². The van der Waals surface area contributed by atoms with Crippen LogP contribution in [-0.4, -0.2) is 31.9 Å². The van der Waals surface area contributed by atoms with Gasteiger partial charge in [0.25, 0.3) is 0 Å². The number of thioether (sulfide) groups is 1. The van der Waals surface area contributed by atoms with Gasteiger partial charge >= 0.3 is 0 Å². The number of ether oxygens (including phenoxy) is 1. The van der Waals surface area contributed by atoms with Gasteiger partial charge in [-0.2, -0.15) is 0 Å². The molecule has 0 aliphatic heterocycles. The van der Waals surface area contributed by atoms with Gasteiger partial charge < -0.3 is 4.74 Å². The smallest absolute Gasteiger partial charge is 0.231 e. The molecule has 0 amide bonds. The molecule has 116 valence electrons. The molecule has 0 aliphatic rings. The van der Waals surface area contributed by atoms with Gasteiger partial charge in [-0.3, -0.25) is 4.40 Å². The average Bonchev–Trinajstić information content (AvgIpc) is 3.13. The third-order valence-electron chi connectivity index (χ3n) is 3.61. The highest BCUT2D eigenvalue weighted by molar-refractivity contribution is 7.99. The minimum absolute atomic E-state index is 0.634. The number of para-hydroxylation sites is 2. The molecule has 0 bridgehead atoms. The molecule has 23 heavy (non-hydrogen) atoms. The molecule has 0 saturated carbocycles. The predicted molar refractivity (Wildman–Crippen MR) is 92.2 cm³/mol. The molecule has 2 aromatic carbocycles. The number of rotatable bonds is 5. The van der Waals surface area contributed by atoms with E-state index in [9.17, 15) is 0 Å². The first-order valence-corrected chi connectivity index (χ1v) is 8.44. The van der Waals surface area contributed by atoms with E-state index in [1.165, 1.54) is 5.56 Å². The number of H-pyrrole nitrogens is 1. The number of aryl methyl sites for hydroxylation is 1. The summed E-state index contributed by atoms with van der Waals surface area (Å²) >= 11 is 1.65. The summed E-state index contributed by atoms with van der Waals surface area (Å²) in [5, 5.41) is 8.23. The van der Waals surface area contributed by atoms with Crippen LogP contribution in [0.25, 0.3) is 16.8 Å². The summed E-state index contributed by atoms with van der Waals surface area (Å²) in [4.78, 5) is 4.52. The first kappa shape index (κ1) is 14.1. The summed E-state index contributed by atoms with van der Waals surface area (Å²) in [6, 6.07) is 16.2. The van der Waals surface area contributed by atoms with Crippen LogP contribution < -0.4 is 4.74 Å². The van der Waals surface area contributed by atoms with E-state index in [1.807, 2.05) is 34.7 Å². The highest BCUT2D eigenvalue weighted by atomic mass is 32.2. The van der Waals surface area contributed by atoms with Crippen molar-refractivity contribution in [1.82, 2.24) is 19.6 Å². The molecule has 6 heteroatoms. The van der Waals surface area contributed by atoms with Crippen LogP contribution in [0.3, 0.4) is 0 Å². The van der Waals surface area contributed by atoms with E-state index in [4.69, 9.17) is 4.74 Å². The lowest BCUT2D eigenvalue weighted by Gasteiger charge is -2.05. The number of hydrogen-bond donors (Lipinski definition) is 1. The first-order valence-electron chi connectivity index (χ1n) is 7.45. The number of imidazole rings is 1. The van der Waals surface area contributed by atoms with Gasteiger partial charge in [0.2, 0.25) is 5.78 Å². The second kappa shape index (κ2) is 5.96. The van der Waals surface area contributed by atoms with E-state index in [-0.39, 0.29) is 0 Å². The van der Waals surface area contributed by atoms with Gasteiger partial charge in [-0.25, -0.2) is 10.1 Å². The summed E-state index contributed by atoms with van der Waals surface area (Å²) in [6.07, 6.45) is 0. The molecule has 0 radical (unpaired) electrons. The Morgan fingerprint density at radius 2 is 1.96 bits per heavy atom. The number of hydrogen-bond acceptors (Lipinski definition) is 4. The Kier molecular flexibility index (Phi) is 3.67. The fourth-order valence-corrected chi connectivity index (χ4v) is 3.24. The molecular weight excluding hydrogens is 308 g/mol. The van der Waals surface area contributed by atoms with Gasteiger partial charge in [-0.15, -0.1) is 5.10 Å². The third-order valence-corrected chi connectivity index (χ3v) is 4.51. The van der Waals surface area contributed by atoms with E-state index < -0.39 is 0 Å². The Hall–Kier alpha value is -2.47. The van der Waals surface area contributed by atoms with E-state index >= 15 is 0 Å². The Morgan fingerprint density at radius 3 is 2.83 bits per heavy atom. The molecule has 0 unspecified atom stereocenters. The average molecular weight is 324 g/mol. The van der Waals surface area contributed by atoms with Crippen molar-refractivity contribution in [2.75, 3.05) is 12.4 Å². The Morgan fingerprint density at radius 1 is 1.13 bits per heavy atom. The number of aromatic nitrogens is 4. The Balaban J connectivity index is 1.45. The van der Waals surface area contributed by atoms with Crippen molar-refractivity contribution in [2.24, 2.45) is 0 Å². The lowest BCUT2D eigenvalue weighted by atomic mass is 10.2. The second-order valence-corrected chi connectivity index (χ2v) is 6.34. The zero-order valence-electron chi connectivity index (χ0n) is 12.7. The molecule has 2 heterocycles. The zero-order chi connectivity index (χ0) is 15.6. The number of aromatic amines is 1. The summed E-state index contributed by atoms with van der Waals surface area (Å²) < 4.78 is 7.80. The standard InChI is InChI=1S/C17H16N4OS/c1-12-6-8-13(9-7-12)22-10-11-23-17-20-19-16-18-14-4-2-3-5-15(14)21(16)17/h2-9H,10-11H2,1H3,(H,18,19).